The average Bonchev–Trinajstić information content (AvgIpc) is 2.89. The maximum absolute atomic E-state index is 12.7. The number of carbonyl (C=O) groups excluding carboxylic acids is 1. The average molecular weight is 321 g/mol. The number of nitrogens with two attached hydrogens (primary N) is 1. The zero-order chi connectivity index (χ0) is 16.6. The largest absolute Gasteiger partial charge is 0.433 e. The van der Waals surface area contributed by atoms with Crippen LogP contribution >= 0.6 is 0 Å². The van der Waals surface area contributed by atoms with Gasteiger partial charge in [-0.2, -0.15) is 13.2 Å². The molecule has 0 aliphatic carbocycles. The van der Waals surface area contributed by atoms with E-state index in [1.165, 1.54) is 16.8 Å². The standard InChI is InChI=1S/C14H10F3N5O/c15-14(16,17)11-4-5-22-10(7-19-13(22)21-11)9-3-1-2-8(20-9)6-12(18)23/h1-5,7H,6H2,(H2,18,23). The van der Waals surface area contributed by atoms with Crippen molar-refractivity contribution in [2.75, 3.05) is 0 Å². The summed E-state index contributed by atoms with van der Waals surface area (Å²) in [6, 6.07) is 5.84. The van der Waals surface area contributed by atoms with E-state index in [1.54, 1.807) is 18.2 Å². The molecule has 0 bridgehead atoms. The second-order valence-corrected chi connectivity index (χ2v) is 4.78. The highest BCUT2D eigenvalue weighted by molar-refractivity contribution is 5.76. The van der Waals surface area contributed by atoms with Gasteiger partial charge in [0.25, 0.3) is 0 Å². The van der Waals surface area contributed by atoms with Crippen molar-refractivity contribution in [2.24, 2.45) is 5.73 Å². The number of carbonyl (C=O) groups is 1. The number of hydrogen-bond donors (Lipinski definition) is 1. The zero-order valence-electron chi connectivity index (χ0n) is 11.6. The summed E-state index contributed by atoms with van der Waals surface area (Å²) >= 11 is 0. The monoisotopic (exact) mass is 321 g/mol. The van der Waals surface area contributed by atoms with E-state index in [9.17, 15) is 18.0 Å². The lowest BCUT2D eigenvalue weighted by atomic mass is 10.2. The molecule has 0 aliphatic heterocycles. The highest BCUT2D eigenvalue weighted by Crippen LogP contribution is 2.28. The molecule has 118 valence electrons. The van der Waals surface area contributed by atoms with Crippen molar-refractivity contribution in [1.29, 1.82) is 0 Å². The molecule has 0 spiro atoms. The quantitative estimate of drug-likeness (QED) is 0.797. The molecule has 0 radical (unpaired) electrons. The molecule has 0 fully saturated rings. The number of pyridine rings is 1. The Morgan fingerprint density at radius 2 is 2.00 bits per heavy atom. The Bertz CT molecular complexity index is 887. The lowest BCUT2D eigenvalue weighted by Crippen LogP contribution is -2.14. The number of aromatic nitrogens is 4. The maximum atomic E-state index is 12.7. The van der Waals surface area contributed by atoms with E-state index in [1.807, 2.05) is 0 Å². The molecule has 2 N–H and O–H groups in total. The molecule has 0 saturated heterocycles. The van der Waals surface area contributed by atoms with Crippen LogP contribution in [0.1, 0.15) is 11.4 Å². The number of primary amides is 1. The third kappa shape index (κ3) is 2.98. The Hall–Kier alpha value is -2.97. The molecule has 6 nitrogen and oxygen atoms in total. The van der Waals surface area contributed by atoms with Gasteiger partial charge in [0.1, 0.15) is 5.69 Å². The van der Waals surface area contributed by atoms with E-state index in [-0.39, 0.29) is 12.2 Å². The Morgan fingerprint density at radius 1 is 1.22 bits per heavy atom. The minimum Gasteiger partial charge on any atom is -0.369 e. The van der Waals surface area contributed by atoms with E-state index in [0.717, 1.165) is 6.07 Å². The lowest BCUT2D eigenvalue weighted by molar-refractivity contribution is -0.141. The van der Waals surface area contributed by atoms with E-state index in [4.69, 9.17) is 5.73 Å². The van der Waals surface area contributed by atoms with Crippen molar-refractivity contribution in [3.63, 3.8) is 0 Å². The van der Waals surface area contributed by atoms with E-state index < -0.39 is 17.8 Å². The molecular weight excluding hydrogens is 311 g/mol. The van der Waals surface area contributed by atoms with Crippen LogP contribution in [-0.2, 0) is 17.4 Å². The zero-order valence-corrected chi connectivity index (χ0v) is 11.6. The van der Waals surface area contributed by atoms with Crippen LogP contribution in [0.3, 0.4) is 0 Å². The Labute approximate surface area is 127 Å². The number of alkyl halides is 3. The first kappa shape index (κ1) is 14.9. The molecule has 3 aromatic heterocycles. The summed E-state index contributed by atoms with van der Waals surface area (Å²) in [5.41, 5.74) is 5.50. The maximum Gasteiger partial charge on any atom is 0.433 e. The van der Waals surface area contributed by atoms with Crippen LogP contribution < -0.4 is 5.73 Å². The third-order valence-corrected chi connectivity index (χ3v) is 3.09. The van der Waals surface area contributed by atoms with Gasteiger partial charge in [-0.05, 0) is 18.2 Å². The summed E-state index contributed by atoms with van der Waals surface area (Å²) < 4.78 is 39.4. The third-order valence-electron chi connectivity index (χ3n) is 3.09. The van der Waals surface area contributed by atoms with Crippen molar-refractivity contribution < 1.29 is 18.0 Å². The number of hydrogen-bond acceptors (Lipinski definition) is 4. The van der Waals surface area contributed by atoms with Crippen LogP contribution in [-0.4, -0.2) is 25.3 Å². The van der Waals surface area contributed by atoms with Crippen LogP contribution in [0.2, 0.25) is 0 Å². The molecular formula is C14H10F3N5O. The molecule has 0 aromatic carbocycles. The molecule has 3 rings (SSSR count). The number of rotatable bonds is 3. The fourth-order valence-corrected chi connectivity index (χ4v) is 2.12. The van der Waals surface area contributed by atoms with Gasteiger partial charge >= 0.3 is 6.18 Å². The molecule has 0 unspecified atom stereocenters. The Morgan fingerprint density at radius 3 is 2.70 bits per heavy atom. The van der Waals surface area contributed by atoms with Crippen LogP contribution in [0.15, 0.2) is 36.7 Å². The minimum atomic E-state index is -4.53. The molecule has 3 heterocycles. The Kier molecular flexibility index (Phi) is 3.47. The molecule has 23 heavy (non-hydrogen) atoms. The molecule has 3 aromatic rings. The second-order valence-electron chi connectivity index (χ2n) is 4.78. The second kappa shape index (κ2) is 5.34. The normalized spacial score (nSPS) is 11.8. The van der Waals surface area contributed by atoms with Gasteiger partial charge in [-0.15, -0.1) is 0 Å². The van der Waals surface area contributed by atoms with Crippen LogP contribution in [0.5, 0.6) is 0 Å². The summed E-state index contributed by atoms with van der Waals surface area (Å²) in [7, 11) is 0. The van der Waals surface area contributed by atoms with Crippen LogP contribution in [0.4, 0.5) is 13.2 Å². The van der Waals surface area contributed by atoms with Gasteiger partial charge in [-0.25, -0.2) is 9.97 Å². The van der Waals surface area contributed by atoms with Crippen LogP contribution in [0.25, 0.3) is 17.2 Å². The first-order valence-corrected chi connectivity index (χ1v) is 6.50. The SMILES string of the molecule is NC(=O)Cc1cccc(-c2cnc3nc(C(F)(F)F)ccn23)n1. The van der Waals surface area contributed by atoms with E-state index in [2.05, 4.69) is 15.0 Å². The van der Waals surface area contributed by atoms with Crippen LogP contribution in [0, 0.1) is 0 Å². The van der Waals surface area contributed by atoms with Crippen molar-refractivity contribution in [3.05, 3.63) is 48.0 Å². The smallest absolute Gasteiger partial charge is 0.369 e. The lowest BCUT2D eigenvalue weighted by Gasteiger charge is -2.06. The summed E-state index contributed by atoms with van der Waals surface area (Å²) in [6.45, 7) is 0. The first-order valence-electron chi connectivity index (χ1n) is 6.50. The van der Waals surface area contributed by atoms with Gasteiger partial charge in [-0.3, -0.25) is 14.2 Å². The van der Waals surface area contributed by atoms with Crippen molar-refractivity contribution >= 4 is 11.7 Å². The number of amides is 1. The summed E-state index contributed by atoms with van der Waals surface area (Å²) in [5.74, 6) is -0.610. The highest BCUT2D eigenvalue weighted by atomic mass is 19.4. The van der Waals surface area contributed by atoms with Crippen molar-refractivity contribution in [3.8, 4) is 11.4 Å². The predicted octanol–water partition coefficient (Wildman–Crippen LogP) is 1.84. The van der Waals surface area contributed by atoms with E-state index in [0.29, 0.717) is 17.1 Å². The van der Waals surface area contributed by atoms with Gasteiger partial charge < -0.3 is 5.73 Å². The first-order chi connectivity index (χ1) is 10.8. The predicted molar refractivity (Wildman–Crippen MR) is 74.1 cm³/mol. The topological polar surface area (TPSA) is 86.2 Å². The van der Waals surface area contributed by atoms with E-state index >= 15 is 0 Å². The minimum absolute atomic E-state index is 0.0267. The molecule has 0 aliphatic rings. The molecule has 9 heteroatoms. The number of nitrogens with zero attached hydrogens (tertiary/aromatic N) is 4. The Balaban J connectivity index is 2.05. The summed E-state index contributed by atoms with van der Waals surface area (Å²) in [4.78, 5) is 22.6. The number of imidazole rings is 1. The summed E-state index contributed by atoms with van der Waals surface area (Å²) in [6.07, 6.45) is -1.95. The van der Waals surface area contributed by atoms with Crippen molar-refractivity contribution in [2.45, 2.75) is 12.6 Å². The molecule has 0 saturated carbocycles. The van der Waals surface area contributed by atoms with Gasteiger partial charge in [0.15, 0.2) is 0 Å². The molecule has 0 atom stereocenters. The summed E-state index contributed by atoms with van der Waals surface area (Å²) in [5, 5.41) is 0. The van der Waals surface area contributed by atoms with Gasteiger partial charge in [-0.1, -0.05) is 6.07 Å². The number of halogens is 3. The van der Waals surface area contributed by atoms with Gasteiger partial charge in [0.05, 0.1) is 29.7 Å². The number of fused-ring (bicyclic) bond motifs is 1. The fraction of sp³-hybridized carbons (Fsp3) is 0.143. The van der Waals surface area contributed by atoms with Crippen molar-refractivity contribution in [1.82, 2.24) is 19.4 Å². The highest BCUT2D eigenvalue weighted by Gasteiger charge is 2.33. The molecule has 1 amide bonds. The van der Waals surface area contributed by atoms with Gasteiger partial charge in [0, 0.05) is 6.20 Å². The van der Waals surface area contributed by atoms with Gasteiger partial charge in [0.2, 0.25) is 11.7 Å². The fourth-order valence-electron chi connectivity index (χ4n) is 2.12.